The number of hydrazone groups is 1. The van der Waals surface area contributed by atoms with E-state index in [1.54, 1.807) is 29.7 Å². The number of carbonyl (C=O) groups is 1. The van der Waals surface area contributed by atoms with E-state index in [1.165, 1.54) is 36.8 Å². The first-order chi connectivity index (χ1) is 16.3. The predicted molar refractivity (Wildman–Crippen MR) is 125 cm³/mol. The maximum absolute atomic E-state index is 12.9. The second-order valence-electron chi connectivity index (χ2n) is 6.83. The van der Waals surface area contributed by atoms with Gasteiger partial charge in [-0.05, 0) is 42.0 Å². The van der Waals surface area contributed by atoms with Gasteiger partial charge in [-0.3, -0.25) is 4.79 Å². The molecule has 0 aliphatic carbocycles. The molecule has 0 saturated heterocycles. The number of thiazole rings is 1. The fourth-order valence-corrected chi connectivity index (χ4v) is 3.49. The molecule has 1 aromatic heterocycles. The van der Waals surface area contributed by atoms with Crippen molar-refractivity contribution in [2.45, 2.75) is 12.6 Å². The Morgan fingerprint density at radius 3 is 2.79 bits per heavy atom. The van der Waals surface area contributed by atoms with E-state index in [2.05, 4.69) is 27.4 Å². The van der Waals surface area contributed by atoms with Crippen molar-refractivity contribution in [3.8, 4) is 11.5 Å². The van der Waals surface area contributed by atoms with Gasteiger partial charge in [-0.1, -0.05) is 18.7 Å². The molecule has 3 aromatic rings. The molecule has 34 heavy (non-hydrogen) atoms. The lowest BCUT2D eigenvalue weighted by atomic mass is 10.2. The number of hydrogen-bond acceptors (Lipinski definition) is 7. The van der Waals surface area contributed by atoms with Crippen LogP contribution in [0.4, 0.5) is 24.0 Å². The first kappa shape index (κ1) is 24.8. The smallest absolute Gasteiger partial charge is 0.416 e. The van der Waals surface area contributed by atoms with Crippen LogP contribution in [0.2, 0.25) is 0 Å². The average Bonchev–Trinajstić information content (AvgIpc) is 3.24. The molecule has 0 aliphatic heterocycles. The number of methoxy groups -OCH3 is 1. The summed E-state index contributed by atoms with van der Waals surface area (Å²) in [5, 5.41) is 8.77. The molecule has 0 atom stereocenters. The van der Waals surface area contributed by atoms with Crippen molar-refractivity contribution in [3.05, 3.63) is 77.3 Å². The number of alkyl halides is 3. The monoisotopic (exact) mass is 490 g/mol. The lowest BCUT2D eigenvalue weighted by Crippen LogP contribution is -2.19. The van der Waals surface area contributed by atoms with Crippen molar-refractivity contribution < 1.29 is 27.4 Å². The predicted octanol–water partition coefficient (Wildman–Crippen LogP) is 5.17. The summed E-state index contributed by atoms with van der Waals surface area (Å²) >= 11 is 1.18. The van der Waals surface area contributed by atoms with E-state index in [-0.39, 0.29) is 12.1 Å². The van der Waals surface area contributed by atoms with Gasteiger partial charge in [0.05, 0.1) is 31.0 Å². The van der Waals surface area contributed by atoms with Crippen LogP contribution in [0.25, 0.3) is 0 Å². The summed E-state index contributed by atoms with van der Waals surface area (Å²) in [6, 6.07) is 9.98. The third-order valence-corrected chi connectivity index (χ3v) is 5.09. The van der Waals surface area contributed by atoms with E-state index in [1.807, 2.05) is 0 Å². The normalized spacial score (nSPS) is 11.3. The van der Waals surface area contributed by atoms with E-state index >= 15 is 0 Å². The van der Waals surface area contributed by atoms with Crippen molar-refractivity contribution in [2.24, 2.45) is 5.10 Å². The Labute approximate surface area is 197 Å². The number of benzene rings is 2. The molecule has 178 valence electrons. The average molecular weight is 491 g/mol. The Kier molecular flexibility index (Phi) is 8.25. The second kappa shape index (κ2) is 11.3. The van der Waals surface area contributed by atoms with E-state index in [4.69, 9.17) is 9.47 Å². The number of carbonyl (C=O) groups excluding carboxylic acids is 1. The van der Waals surface area contributed by atoms with Gasteiger partial charge in [0.25, 0.3) is 0 Å². The quantitative estimate of drug-likeness (QED) is 0.233. The topological polar surface area (TPSA) is 84.8 Å². The van der Waals surface area contributed by atoms with Crippen molar-refractivity contribution in [1.29, 1.82) is 0 Å². The molecule has 2 N–H and O–H groups in total. The second-order valence-corrected chi connectivity index (χ2v) is 7.69. The minimum absolute atomic E-state index is 0.0459. The number of ether oxygens (including phenoxy) is 2. The van der Waals surface area contributed by atoms with Gasteiger partial charge >= 0.3 is 6.18 Å². The summed E-state index contributed by atoms with van der Waals surface area (Å²) in [4.78, 5) is 16.4. The standard InChI is InChI=1S/C23H21F3N4O3S/c1-3-9-33-19-8-7-15(10-20(19)32-2)13-27-30-21(31)12-18-14-34-22(29-18)28-17-6-4-5-16(11-17)23(24,25)26/h3-8,10-11,13-14H,1,9,12H2,2H3,(H,28,29)(H,30,31)/b27-13-. The van der Waals surface area contributed by atoms with Gasteiger partial charge in [-0.25, -0.2) is 10.4 Å². The Hall–Kier alpha value is -3.86. The van der Waals surface area contributed by atoms with Crippen molar-refractivity contribution in [1.82, 2.24) is 10.4 Å². The van der Waals surface area contributed by atoms with Gasteiger partial charge < -0.3 is 14.8 Å². The summed E-state index contributed by atoms with van der Waals surface area (Å²) in [6.45, 7) is 3.94. The van der Waals surface area contributed by atoms with Crippen molar-refractivity contribution in [2.75, 3.05) is 19.0 Å². The molecule has 1 amide bonds. The summed E-state index contributed by atoms with van der Waals surface area (Å²) < 4.78 is 49.3. The van der Waals surface area contributed by atoms with Gasteiger partial charge in [0.15, 0.2) is 16.6 Å². The van der Waals surface area contributed by atoms with Crippen LogP contribution in [0.3, 0.4) is 0 Å². The zero-order valence-electron chi connectivity index (χ0n) is 18.1. The molecule has 1 heterocycles. The number of nitrogens with one attached hydrogen (secondary N) is 2. The fourth-order valence-electron chi connectivity index (χ4n) is 2.76. The Morgan fingerprint density at radius 1 is 1.24 bits per heavy atom. The highest BCUT2D eigenvalue weighted by Crippen LogP contribution is 2.32. The summed E-state index contributed by atoms with van der Waals surface area (Å²) in [5.74, 6) is 0.673. The first-order valence-corrected chi connectivity index (χ1v) is 10.8. The van der Waals surface area contributed by atoms with Crippen LogP contribution in [0.1, 0.15) is 16.8 Å². The highest BCUT2D eigenvalue weighted by molar-refractivity contribution is 7.13. The molecule has 11 heteroatoms. The summed E-state index contributed by atoms with van der Waals surface area (Å²) in [5.41, 5.74) is 3.04. The minimum Gasteiger partial charge on any atom is -0.493 e. The zero-order chi connectivity index (χ0) is 24.6. The molecule has 7 nitrogen and oxygen atoms in total. The number of aromatic nitrogens is 1. The lowest BCUT2D eigenvalue weighted by molar-refractivity contribution is -0.137. The molecule has 0 spiro atoms. The van der Waals surface area contributed by atoms with Gasteiger partial charge in [-0.15, -0.1) is 11.3 Å². The van der Waals surface area contributed by atoms with E-state index in [9.17, 15) is 18.0 Å². The highest BCUT2D eigenvalue weighted by Gasteiger charge is 2.30. The molecular formula is C23H21F3N4O3S. The number of hydrogen-bond donors (Lipinski definition) is 2. The Balaban J connectivity index is 1.54. The molecule has 0 radical (unpaired) electrons. The maximum atomic E-state index is 12.9. The van der Waals surface area contributed by atoms with E-state index in [0.717, 1.165) is 12.1 Å². The Morgan fingerprint density at radius 2 is 2.06 bits per heavy atom. The minimum atomic E-state index is -4.43. The van der Waals surface area contributed by atoms with Crippen LogP contribution >= 0.6 is 11.3 Å². The van der Waals surface area contributed by atoms with Gasteiger partial charge in [-0.2, -0.15) is 18.3 Å². The molecule has 0 aliphatic rings. The summed E-state index contributed by atoms with van der Waals surface area (Å²) in [7, 11) is 1.52. The largest absolute Gasteiger partial charge is 0.493 e. The van der Waals surface area contributed by atoms with Crippen LogP contribution < -0.4 is 20.2 Å². The molecule has 0 bridgehead atoms. The third kappa shape index (κ3) is 7.07. The van der Waals surface area contributed by atoms with Crippen molar-refractivity contribution >= 4 is 34.3 Å². The number of halogens is 3. The summed E-state index contributed by atoms with van der Waals surface area (Å²) in [6.07, 6.45) is -1.40. The molecule has 2 aromatic carbocycles. The molecule has 3 rings (SSSR count). The number of nitrogens with zero attached hydrogens (tertiary/aromatic N) is 2. The van der Waals surface area contributed by atoms with Crippen LogP contribution in [-0.4, -0.2) is 30.8 Å². The third-order valence-electron chi connectivity index (χ3n) is 4.28. The molecule has 0 fully saturated rings. The van der Waals surface area contributed by atoms with Crippen LogP contribution in [0.5, 0.6) is 11.5 Å². The van der Waals surface area contributed by atoms with Gasteiger partial charge in [0.1, 0.15) is 6.61 Å². The van der Waals surface area contributed by atoms with Gasteiger partial charge in [0.2, 0.25) is 5.91 Å². The van der Waals surface area contributed by atoms with Crippen LogP contribution in [0, 0.1) is 0 Å². The maximum Gasteiger partial charge on any atom is 0.416 e. The van der Waals surface area contributed by atoms with Crippen molar-refractivity contribution in [3.63, 3.8) is 0 Å². The van der Waals surface area contributed by atoms with Gasteiger partial charge in [0, 0.05) is 11.1 Å². The number of rotatable bonds is 10. The van der Waals surface area contributed by atoms with E-state index in [0.29, 0.717) is 34.5 Å². The first-order valence-electron chi connectivity index (χ1n) is 9.91. The lowest BCUT2D eigenvalue weighted by Gasteiger charge is -2.09. The molecular weight excluding hydrogens is 469 g/mol. The molecule has 0 saturated carbocycles. The number of anilines is 2. The SMILES string of the molecule is C=CCOc1ccc(/C=N\NC(=O)Cc2csc(Nc3cccc(C(F)(F)F)c3)n2)cc1OC. The van der Waals surface area contributed by atoms with E-state index < -0.39 is 17.6 Å². The molecule has 0 unspecified atom stereocenters. The fraction of sp³-hybridized carbons (Fsp3) is 0.174. The Bertz CT molecular complexity index is 1180. The zero-order valence-corrected chi connectivity index (χ0v) is 18.9. The number of amides is 1. The highest BCUT2D eigenvalue weighted by atomic mass is 32.1. The van der Waals surface area contributed by atoms with Crippen LogP contribution in [-0.2, 0) is 17.4 Å². The van der Waals surface area contributed by atoms with Crippen LogP contribution in [0.15, 0.2) is 65.6 Å².